The van der Waals surface area contributed by atoms with Crippen molar-refractivity contribution < 1.29 is 4.42 Å². The van der Waals surface area contributed by atoms with Crippen LogP contribution in [-0.2, 0) is 12.8 Å². The van der Waals surface area contributed by atoms with Crippen LogP contribution in [0.3, 0.4) is 0 Å². The van der Waals surface area contributed by atoms with Crippen molar-refractivity contribution in [2.24, 2.45) is 7.05 Å². The molecule has 0 spiro atoms. The number of furan rings is 1. The molecule has 4 nitrogen and oxygen atoms in total. The zero-order valence-corrected chi connectivity index (χ0v) is 14.2. The summed E-state index contributed by atoms with van der Waals surface area (Å²) in [6.45, 7) is 0. The average Bonchev–Trinajstić information content (AvgIpc) is 3.03. The van der Waals surface area contributed by atoms with Crippen LogP contribution in [0.5, 0.6) is 0 Å². The molecule has 0 saturated heterocycles. The third kappa shape index (κ3) is 3.33. The van der Waals surface area contributed by atoms with Gasteiger partial charge in [0.05, 0.1) is 0 Å². The van der Waals surface area contributed by atoms with Crippen molar-refractivity contribution in [3.63, 3.8) is 0 Å². The predicted octanol–water partition coefficient (Wildman–Crippen LogP) is 4.78. The highest BCUT2D eigenvalue weighted by Gasteiger charge is 2.14. The lowest BCUT2D eigenvalue weighted by molar-refractivity contribution is 0.547. The number of nitrogens with zero attached hydrogens (tertiary/aromatic N) is 3. The summed E-state index contributed by atoms with van der Waals surface area (Å²) in [5.74, 6) is 2.18. The number of rotatable bonds is 4. The quantitative estimate of drug-likeness (QED) is 0.607. The fourth-order valence-corrected chi connectivity index (χ4v) is 3.24. The minimum atomic E-state index is 0.675. The maximum atomic E-state index is 5.99. The predicted molar refractivity (Wildman–Crippen MR) is 87.4 cm³/mol. The Morgan fingerprint density at radius 2 is 2.14 bits per heavy atom. The summed E-state index contributed by atoms with van der Waals surface area (Å²) in [5.41, 5.74) is 1.15. The van der Waals surface area contributed by atoms with Gasteiger partial charge in [-0.25, -0.2) is 0 Å². The standard InChI is InChI=1S/C14H11BrClN3OS/c1-19-13(11-5-6-12(15)20-11)17-18-14(19)21-8-9-3-2-4-10(16)7-9/h2-7H,8H2,1H3. The van der Waals surface area contributed by atoms with Crippen LogP contribution >= 0.6 is 39.3 Å². The van der Waals surface area contributed by atoms with Gasteiger partial charge in [-0.15, -0.1) is 10.2 Å². The summed E-state index contributed by atoms with van der Waals surface area (Å²) in [5, 5.41) is 9.96. The topological polar surface area (TPSA) is 43.9 Å². The maximum Gasteiger partial charge on any atom is 0.200 e. The van der Waals surface area contributed by atoms with Crippen LogP contribution in [0.15, 0.2) is 50.6 Å². The van der Waals surface area contributed by atoms with E-state index in [0.717, 1.165) is 21.5 Å². The molecule has 0 saturated carbocycles. The number of aromatic nitrogens is 3. The fourth-order valence-electron chi connectivity index (χ4n) is 1.86. The van der Waals surface area contributed by atoms with Crippen molar-refractivity contribution in [1.82, 2.24) is 14.8 Å². The van der Waals surface area contributed by atoms with Gasteiger partial charge < -0.3 is 8.98 Å². The fraction of sp³-hybridized carbons (Fsp3) is 0.143. The minimum absolute atomic E-state index is 0.675. The zero-order chi connectivity index (χ0) is 14.8. The smallest absolute Gasteiger partial charge is 0.200 e. The van der Waals surface area contributed by atoms with Crippen molar-refractivity contribution in [2.75, 3.05) is 0 Å². The van der Waals surface area contributed by atoms with E-state index >= 15 is 0 Å². The van der Waals surface area contributed by atoms with Crippen molar-refractivity contribution in [3.8, 4) is 11.6 Å². The largest absolute Gasteiger partial charge is 0.446 e. The van der Waals surface area contributed by atoms with Gasteiger partial charge in [-0.05, 0) is 45.8 Å². The van der Waals surface area contributed by atoms with Crippen LogP contribution in [-0.4, -0.2) is 14.8 Å². The molecule has 0 aliphatic heterocycles. The zero-order valence-electron chi connectivity index (χ0n) is 11.1. The Kier molecular flexibility index (Phi) is 4.37. The molecular formula is C14H11BrClN3OS. The lowest BCUT2D eigenvalue weighted by Crippen LogP contribution is -1.94. The molecule has 0 N–H and O–H groups in total. The molecule has 2 heterocycles. The summed E-state index contributed by atoms with van der Waals surface area (Å²) < 4.78 is 8.10. The highest BCUT2D eigenvalue weighted by atomic mass is 79.9. The van der Waals surface area contributed by atoms with Gasteiger partial charge in [-0.3, -0.25) is 0 Å². The molecule has 3 aromatic rings. The first-order chi connectivity index (χ1) is 10.1. The third-order valence-electron chi connectivity index (χ3n) is 2.89. The number of hydrogen-bond donors (Lipinski definition) is 0. The molecule has 108 valence electrons. The minimum Gasteiger partial charge on any atom is -0.446 e. The van der Waals surface area contributed by atoms with Crippen molar-refractivity contribution >= 4 is 39.3 Å². The van der Waals surface area contributed by atoms with Gasteiger partial charge in [0.2, 0.25) is 0 Å². The molecule has 0 bridgehead atoms. The van der Waals surface area contributed by atoms with Crippen LogP contribution in [0.1, 0.15) is 5.56 Å². The van der Waals surface area contributed by atoms with E-state index in [2.05, 4.69) is 26.1 Å². The molecule has 0 atom stereocenters. The first kappa shape index (κ1) is 14.7. The Hall–Kier alpha value is -1.24. The lowest BCUT2D eigenvalue weighted by atomic mass is 10.2. The van der Waals surface area contributed by atoms with Crippen LogP contribution in [0.25, 0.3) is 11.6 Å². The second-order valence-electron chi connectivity index (χ2n) is 4.39. The van der Waals surface area contributed by atoms with Crippen molar-refractivity contribution in [3.05, 3.63) is 51.7 Å². The Bertz CT molecular complexity index is 771. The van der Waals surface area contributed by atoms with E-state index in [1.165, 1.54) is 0 Å². The molecule has 7 heteroatoms. The summed E-state index contributed by atoms with van der Waals surface area (Å²) >= 11 is 10.9. The molecule has 0 amide bonds. The SMILES string of the molecule is Cn1c(SCc2cccc(Cl)c2)nnc1-c1ccc(Br)o1. The Balaban J connectivity index is 1.77. The van der Waals surface area contributed by atoms with Crippen molar-refractivity contribution in [1.29, 1.82) is 0 Å². The van der Waals surface area contributed by atoms with Gasteiger partial charge in [-0.1, -0.05) is 35.5 Å². The molecule has 1 aromatic carbocycles. The van der Waals surface area contributed by atoms with Crippen molar-refractivity contribution in [2.45, 2.75) is 10.9 Å². The number of thioether (sulfide) groups is 1. The maximum absolute atomic E-state index is 5.99. The second kappa shape index (κ2) is 6.25. The average molecular weight is 385 g/mol. The van der Waals surface area contributed by atoms with E-state index in [-0.39, 0.29) is 0 Å². The summed E-state index contributed by atoms with van der Waals surface area (Å²) in [6, 6.07) is 11.5. The van der Waals surface area contributed by atoms with E-state index in [4.69, 9.17) is 16.0 Å². The summed E-state index contributed by atoms with van der Waals surface area (Å²) in [6.07, 6.45) is 0. The molecule has 3 rings (SSSR count). The molecule has 0 aliphatic rings. The lowest BCUT2D eigenvalue weighted by Gasteiger charge is -2.03. The molecular weight excluding hydrogens is 374 g/mol. The second-order valence-corrected chi connectivity index (χ2v) is 6.55. The number of halogens is 2. The van der Waals surface area contributed by atoms with Gasteiger partial charge in [0.25, 0.3) is 0 Å². The molecule has 2 aromatic heterocycles. The Labute approximate surface area is 139 Å². The van der Waals surface area contributed by atoms with Gasteiger partial charge in [0, 0.05) is 17.8 Å². The van der Waals surface area contributed by atoms with E-state index in [9.17, 15) is 0 Å². The van der Waals surface area contributed by atoms with Crippen LogP contribution in [0.4, 0.5) is 0 Å². The van der Waals surface area contributed by atoms with Gasteiger partial charge in [0.1, 0.15) is 0 Å². The summed E-state index contributed by atoms with van der Waals surface area (Å²) in [7, 11) is 1.92. The van der Waals surface area contributed by atoms with Gasteiger partial charge >= 0.3 is 0 Å². The normalized spacial score (nSPS) is 11.0. The highest BCUT2D eigenvalue weighted by Crippen LogP contribution is 2.28. The van der Waals surface area contributed by atoms with Crippen LogP contribution in [0, 0.1) is 0 Å². The number of benzene rings is 1. The van der Waals surface area contributed by atoms with Crippen LogP contribution < -0.4 is 0 Å². The van der Waals surface area contributed by atoms with E-state index < -0.39 is 0 Å². The molecule has 0 fully saturated rings. The number of hydrogen-bond acceptors (Lipinski definition) is 4. The molecule has 0 radical (unpaired) electrons. The third-order valence-corrected chi connectivity index (χ3v) is 4.64. The molecule has 21 heavy (non-hydrogen) atoms. The summed E-state index contributed by atoms with van der Waals surface area (Å²) in [4.78, 5) is 0. The molecule has 0 aliphatic carbocycles. The van der Waals surface area contributed by atoms with Crippen LogP contribution in [0.2, 0.25) is 5.02 Å². The first-order valence-corrected chi connectivity index (χ1v) is 8.31. The highest BCUT2D eigenvalue weighted by molar-refractivity contribution is 9.10. The first-order valence-electron chi connectivity index (χ1n) is 6.16. The Morgan fingerprint density at radius 1 is 1.29 bits per heavy atom. The van der Waals surface area contributed by atoms with Gasteiger partial charge in [-0.2, -0.15) is 0 Å². The van der Waals surface area contributed by atoms with E-state index in [1.54, 1.807) is 11.8 Å². The Morgan fingerprint density at radius 3 is 2.86 bits per heavy atom. The van der Waals surface area contributed by atoms with Gasteiger partial charge in [0.15, 0.2) is 21.4 Å². The van der Waals surface area contributed by atoms with E-state index in [0.29, 0.717) is 16.3 Å². The monoisotopic (exact) mass is 383 g/mol. The van der Waals surface area contributed by atoms with E-state index in [1.807, 2.05) is 48.0 Å². The molecule has 0 unspecified atom stereocenters.